The quantitative estimate of drug-likeness (QED) is 0.477. The highest BCUT2D eigenvalue weighted by atomic mass is 16.2. The lowest BCUT2D eigenvalue weighted by atomic mass is 9.78. The Morgan fingerprint density at radius 2 is 1.61 bits per heavy atom. The summed E-state index contributed by atoms with van der Waals surface area (Å²) in [5.41, 5.74) is 6.67. The van der Waals surface area contributed by atoms with E-state index in [1.54, 1.807) is 0 Å². The van der Waals surface area contributed by atoms with E-state index in [9.17, 15) is 9.59 Å². The van der Waals surface area contributed by atoms with Crippen molar-refractivity contribution in [2.24, 2.45) is 5.41 Å². The van der Waals surface area contributed by atoms with Crippen LogP contribution in [-0.4, -0.2) is 48.0 Å². The Labute approximate surface area is 216 Å². The summed E-state index contributed by atoms with van der Waals surface area (Å²) in [4.78, 5) is 30.1. The van der Waals surface area contributed by atoms with Crippen molar-refractivity contribution < 1.29 is 9.59 Å². The van der Waals surface area contributed by atoms with Gasteiger partial charge in [0, 0.05) is 37.6 Å². The summed E-state index contributed by atoms with van der Waals surface area (Å²) < 4.78 is 0. The molecule has 0 bridgehead atoms. The van der Waals surface area contributed by atoms with Crippen LogP contribution in [0, 0.1) is 19.3 Å². The maximum atomic E-state index is 13.3. The Morgan fingerprint density at radius 3 is 2.25 bits per heavy atom. The van der Waals surface area contributed by atoms with Gasteiger partial charge in [-0.2, -0.15) is 0 Å². The zero-order valence-corrected chi connectivity index (χ0v) is 22.6. The van der Waals surface area contributed by atoms with Gasteiger partial charge in [0.2, 0.25) is 0 Å². The minimum absolute atomic E-state index is 0.00680. The normalized spacial score (nSPS) is 17.1. The van der Waals surface area contributed by atoms with E-state index >= 15 is 0 Å². The first kappa shape index (κ1) is 26.1. The van der Waals surface area contributed by atoms with Crippen molar-refractivity contribution >= 4 is 23.4 Å². The highest BCUT2D eigenvalue weighted by Gasteiger charge is 2.43. The van der Waals surface area contributed by atoms with E-state index in [1.807, 2.05) is 28.9 Å². The number of aryl methyl sites for hydroxylation is 3. The van der Waals surface area contributed by atoms with Gasteiger partial charge in [-0.05, 0) is 73.6 Å². The summed E-state index contributed by atoms with van der Waals surface area (Å²) >= 11 is 0. The molecule has 4 amide bonds. The standard InChI is InChI=1S/C30H42N4O2/c1-6-8-24-9-7-10-25(21(2)3)27(24)32-29(36)34-18-15-30(20-34)13-16-33(17-14-30)28(35)31-26-12-11-22(4)19-23(26)5/h7,9-12,19,21H,6,8,13-18,20H2,1-5H3,(H,31,35)(H,32,36). The number of anilines is 2. The maximum absolute atomic E-state index is 13.3. The Hall–Kier alpha value is -3.02. The van der Waals surface area contributed by atoms with Crippen molar-refractivity contribution in [2.45, 2.75) is 72.6 Å². The van der Waals surface area contributed by atoms with Crippen LogP contribution in [0.25, 0.3) is 0 Å². The molecule has 2 heterocycles. The fraction of sp³-hybridized carbons (Fsp3) is 0.533. The Kier molecular flexibility index (Phi) is 7.91. The van der Waals surface area contributed by atoms with Gasteiger partial charge in [0.25, 0.3) is 0 Å². The van der Waals surface area contributed by atoms with Gasteiger partial charge in [-0.3, -0.25) is 0 Å². The fourth-order valence-corrected chi connectivity index (χ4v) is 5.77. The number of para-hydroxylation sites is 1. The van der Waals surface area contributed by atoms with Gasteiger partial charge in [0.1, 0.15) is 0 Å². The zero-order valence-electron chi connectivity index (χ0n) is 22.6. The fourth-order valence-electron chi connectivity index (χ4n) is 5.77. The van der Waals surface area contributed by atoms with Crippen molar-refractivity contribution in [3.8, 4) is 0 Å². The number of carbonyl (C=O) groups is 2. The molecular formula is C30H42N4O2. The third-order valence-electron chi connectivity index (χ3n) is 8.02. The minimum Gasteiger partial charge on any atom is -0.324 e. The first-order valence-electron chi connectivity index (χ1n) is 13.5. The van der Waals surface area contributed by atoms with E-state index in [-0.39, 0.29) is 17.5 Å². The van der Waals surface area contributed by atoms with Crippen LogP contribution >= 0.6 is 0 Å². The van der Waals surface area contributed by atoms with Crippen molar-refractivity contribution in [1.82, 2.24) is 9.80 Å². The van der Waals surface area contributed by atoms with Gasteiger partial charge in [-0.1, -0.05) is 63.1 Å². The second-order valence-electron chi connectivity index (χ2n) is 11.1. The number of rotatable bonds is 5. The van der Waals surface area contributed by atoms with E-state index in [1.165, 1.54) is 16.7 Å². The van der Waals surface area contributed by atoms with Crippen molar-refractivity contribution in [2.75, 3.05) is 36.8 Å². The van der Waals surface area contributed by atoms with Crippen LogP contribution in [-0.2, 0) is 6.42 Å². The lowest BCUT2D eigenvalue weighted by Crippen LogP contribution is -2.46. The SMILES string of the molecule is CCCc1cccc(C(C)C)c1NC(=O)N1CCC2(CCN(C(=O)Nc3ccc(C)cc3C)CC2)C1. The Morgan fingerprint density at radius 1 is 0.944 bits per heavy atom. The second kappa shape index (κ2) is 10.9. The van der Waals surface area contributed by atoms with Crippen LogP contribution in [0.3, 0.4) is 0 Å². The number of hydrogen-bond donors (Lipinski definition) is 2. The lowest BCUT2D eigenvalue weighted by molar-refractivity contribution is 0.128. The summed E-state index contributed by atoms with van der Waals surface area (Å²) in [6.07, 6.45) is 4.87. The van der Waals surface area contributed by atoms with E-state index in [0.717, 1.165) is 75.2 Å². The smallest absolute Gasteiger partial charge is 0.321 e. The predicted molar refractivity (Wildman–Crippen MR) is 148 cm³/mol. The summed E-state index contributed by atoms with van der Waals surface area (Å²) in [7, 11) is 0. The molecule has 36 heavy (non-hydrogen) atoms. The monoisotopic (exact) mass is 490 g/mol. The average Bonchev–Trinajstić information content (AvgIpc) is 3.26. The predicted octanol–water partition coefficient (Wildman–Crippen LogP) is 6.93. The zero-order chi connectivity index (χ0) is 25.9. The molecule has 0 unspecified atom stereocenters. The third kappa shape index (κ3) is 5.69. The number of nitrogens with zero attached hydrogens (tertiary/aromatic N) is 2. The number of likely N-dealkylation sites (tertiary alicyclic amines) is 2. The molecule has 2 aliphatic heterocycles. The third-order valence-corrected chi connectivity index (χ3v) is 8.02. The minimum atomic E-state index is -0.0295. The number of hydrogen-bond acceptors (Lipinski definition) is 2. The van der Waals surface area contributed by atoms with Gasteiger partial charge < -0.3 is 20.4 Å². The van der Waals surface area contributed by atoms with E-state index in [4.69, 9.17) is 0 Å². The highest BCUT2D eigenvalue weighted by Crippen LogP contribution is 2.41. The molecule has 4 rings (SSSR count). The average molecular weight is 491 g/mol. The molecule has 0 saturated carbocycles. The molecule has 0 radical (unpaired) electrons. The molecule has 0 aromatic heterocycles. The van der Waals surface area contributed by atoms with Crippen molar-refractivity contribution in [3.05, 3.63) is 58.7 Å². The van der Waals surface area contributed by atoms with Crippen molar-refractivity contribution in [3.63, 3.8) is 0 Å². The lowest BCUT2D eigenvalue weighted by Gasteiger charge is -2.39. The number of amides is 4. The van der Waals surface area contributed by atoms with Gasteiger partial charge in [0.15, 0.2) is 0 Å². The number of piperidine rings is 1. The van der Waals surface area contributed by atoms with Crippen LogP contribution in [0.5, 0.6) is 0 Å². The molecule has 1 spiro atoms. The number of nitrogens with one attached hydrogen (secondary N) is 2. The molecule has 2 aromatic carbocycles. The molecular weight excluding hydrogens is 448 g/mol. The van der Waals surface area contributed by atoms with Crippen molar-refractivity contribution in [1.29, 1.82) is 0 Å². The Bertz CT molecular complexity index is 1100. The molecule has 2 aromatic rings. The van der Waals surface area contributed by atoms with E-state index in [0.29, 0.717) is 5.92 Å². The molecule has 0 atom stereocenters. The van der Waals surface area contributed by atoms with Gasteiger partial charge in [0.05, 0.1) is 0 Å². The summed E-state index contributed by atoms with van der Waals surface area (Å²) in [6, 6.07) is 12.4. The molecule has 6 nitrogen and oxygen atoms in total. The summed E-state index contributed by atoms with van der Waals surface area (Å²) in [6.45, 7) is 13.6. The molecule has 2 N–H and O–H groups in total. The van der Waals surface area contributed by atoms with E-state index < -0.39 is 0 Å². The van der Waals surface area contributed by atoms with Crippen LogP contribution in [0.4, 0.5) is 21.0 Å². The highest BCUT2D eigenvalue weighted by molar-refractivity contribution is 5.92. The Balaban J connectivity index is 1.35. The first-order valence-corrected chi connectivity index (χ1v) is 13.5. The molecule has 194 valence electrons. The van der Waals surface area contributed by atoms with Gasteiger partial charge in [-0.15, -0.1) is 0 Å². The maximum Gasteiger partial charge on any atom is 0.321 e. The number of urea groups is 2. The number of benzene rings is 2. The topological polar surface area (TPSA) is 64.7 Å². The first-order chi connectivity index (χ1) is 17.2. The molecule has 2 aliphatic rings. The summed E-state index contributed by atoms with van der Waals surface area (Å²) in [5.74, 6) is 0.348. The molecule has 6 heteroatoms. The van der Waals surface area contributed by atoms with Gasteiger partial charge in [-0.25, -0.2) is 9.59 Å². The largest absolute Gasteiger partial charge is 0.324 e. The van der Waals surface area contributed by atoms with Gasteiger partial charge >= 0.3 is 12.1 Å². The molecule has 2 fully saturated rings. The molecule has 2 saturated heterocycles. The van der Waals surface area contributed by atoms with E-state index in [2.05, 4.69) is 62.6 Å². The second-order valence-corrected chi connectivity index (χ2v) is 11.1. The number of carbonyl (C=O) groups excluding carboxylic acids is 2. The van der Waals surface area contributed by atoms with Crippen LogP contribution in [0.15, 0.2) is 36.4 Å². The van der Waals surface area contributed by atoms with Crippen LogP contribution in [0.1, 0.15) is 74.6 Å². The van der Waals surface area contributed by atoms with Crippen LogP contribution < -0.4 is 10.6 Å². The molecule has 0 aliphatic carbocycles. The summed E-state index contributed by atoms with van der Waals surface area (Å²) in [5, 5.41) is 6.37. The van der Waals surface area contributed by atoms with Crippen LogP contribution in [0.2, 0.25) is 0 Å².